The van der Waals surface area contributed by atoms with Gasteiger partial charge in [0.1, 0.15) is 0 Å². The summed E-state index contributed by atoms with van der Waals surface area (Å²) >= 11 is 1.94. The Bertz CT molecular complexity index is 303. The van der Waals surface area contributed by atoms with Crippen molar-refractivity contribution in [2.24, 2.45) is 0 Å². The third-order valence-electron chi connectivity index (χ3n) is 2.54. The zero-order chi connectivity index (χ0) is 11.2. The maximum absolute atomic E-state index is 5.80. The first-order valence-corrected chi connectivity index (χ1v) is 6.76. The summed E-state index contributed by atoms with van der Waals surface area (Å²) in [6.07, 6.45) is 5.45. The number of thioether (sulfide) groups is 1. The van der Waals surface area contributed by atoms with Gasteiger partial charge in [0.2, 0.25) is 0 Å². The number of ether oxygens (including phenoxy) is 1. The second kappa shape index (κ2) is 6.18. The van der Waals surface area contributed by atoms with Gasteiger partial charge in [0.05, 0.1) is 30.6 Å². The Morgan fingerprint density at radius 1 is 1.62 bits per heavy atom. The van der Waals surface area contributed by atoms with Gasteiger partial charge in [-0.15, -0.1) is 0 Å². The summed E-state index contributed by atoms with van der Waals surface area (Å²) in [5, 5.41) is 3.43. The van der Waals surface area contributed by atoms with Gasteiger partial charge >= 0.3 is 0 Å². The van der Waals surface area contributed by atoms with Gasteiger partial charge in [-0.1, -0.05) is 6.92 Å². The van der Waals surface area contributed by atoms with Crippen LogP contribution in [0.2, 0.25) is 0 Å². The minimum Gasteiger partial charge on any atom is -0.374 e. The highest BCUT2D eigenvalue weighted by Crippen LogP contribution is 2.23. The molecule has 0 amide bonds. The molecule has 1 aliphatic heterocycles. The van der Waals surface area contributed by atoms with E-state index in [9.17, 15) is 0 Å². The van der Waals surface area contributed by atoms with Crippen molar-refractivity contribution in [3.05, 3.63) is 24.3 Å². The summed E-state index contributed by atoms with van der Waals surface area (Å²) in [7, 11) is 0. The van der Waals surface area contributed by atoms with Crippen molar-refractivity contribution in [3.63, 3.8) is 0 Å². The van der Waals surface area contributed by atoms with Crippen LogP contribution in [0.3, 0.4) is 0 Å². The lowest BCUT2D eigenvalue weighted by molar-refractivity contribution is 0.0460. The van der Waals surface area contributed by atoms with Gasteiger partial charge in [-0.05, 0) is 6.54 Å². The Labute approximate surface area is 100 Å². The van der Waals surface area contributed by atoms with E-state index in [1.807, 2.05) is 18.0 Å². The topological polar surface area (TPSA) is 47.0 Å². The average Bonchev–Trinajstić information content (AvgIpc) is 2.38. The van der Waals surface area contributed by atoms with Gasteiger partial charge < -0.3 is 10.1 Å². The molecule has 4 nitrogen and oxygen atoms in total. The van der Waals surface area contributed by atoms with Crippen LogP contribution in [0.4, 0.5) is 0 Å². The molecular formula is C11H17N3OS. The van der Waals surface area contributed by atoms with E-state index in [1.165, 1.54) is 0 Å². The molecule has 0 aliphatic carbocycles. The van der Waals surface area contributed by atoms with Gasteiger partial charge in [0, 0.05) is 23.9 Å². The molecule has 1 N–H and O–H groups in total. The van der Waals surface area contributed by atoms with Gasteiger partial charge in [0.15, 0.2) is 0 Å². The Balaban J connectivity index is 2.09. The molecule has 2 unspecified atom stereocenters. The highest BCUT2D eigenvalue weighted by Gasteiger charge is 2.26. The van der Waals surface area contributed by atoms with E-state index in [0.717, 1.165) is 30.4 Å². The Morgan fingerprint density at radius 2 is 2.56 bits per heavy atom. The van der Waals surface area contributed by atoms with E-state index in [2.05, 4.69) is 22.2 Å². The molecule has 1 fully saturated rings. The summed E-state index contributed by atoms with van der Waals surface area (Å²) in [5.74, 6) is 2.12. The van der Waals surface area contributed by atoms with Crippen LogP contribution in [-0.2, 0) is 4.74 Å². The Kier molecular flexibility index (Phi) is 4.56. The molecule has 1 aromatic rings. The van der Waals surface area contributed by atoms with Crippen molar-refractivity contribution in [2.45, 2.75) is 19.1 Å². The number of hydrogen-bond donors (Lipinski definition) is 1. The van der Waals surface area contributed by atoms with Crippen LogP contribution >= 0.6 is 11.8 Å². The molecule has 0 bridgehead atoms. The van der Waals surface area contributed by atoms with Gasteiger partial charge in [0.25, 0.3) is 0 Å². The second-order valence-corrected chi connectivity index (χ2v) is 4.80. The molecular weight excluding hydrogens is 222 g/mol. The molecule has 1 saturated heterocycles. The summed E-state index contributed by atoms with van der Waals surface area (Å²) in [6, 6.07) is 0.159. The highest BCUT2D eigenvalue weighted by molar-refractivity contribution is 7.99. The largest absolute Gasteiger partial charge is 0.374 e. The molecule has 0 saturated carbocycles. The van der Waals surface area contributed by atoms with Crippen molar-refractivity contribution < 1.29 is 4.74 Å². The zero-order valence-corrected chi connectivity index (χ0v) is 10.2. The first kappa shape index (κ1) is 11.8. The molecule has 0 radical (unpaired) electrons. The molecule has 88 valence electrons. The van der Waals surface area contributed by atoms with E-state index < -0.39 is 0 Å². The molecule has 2 atom stereocenters. The number of likely N-dealkylation sites (N-methyl/N-ethyl adjacent to an activating group) is 1. The highest BCUT2D eigenvalue weighted by atomic mass is 32.2. The molecule has 2 rings (SSSR count). The average molecular weight is 239 g/mol. The first-order valence-electron chi connectivity index (χ1n) is 5.60. The summed E-state index contributed by atoms with van der Waals surface area (Å²) in [6.45, 7) is 3.84. The fourth-order valence-corrected chi connectivity index (χ4v) is 2.72. The van der Waals surface area contributed by atoms with Crippen LogP contribution < -0.4 is 5.32 Å². The third-order valence-corrected chi connectivity index (χ3v) is 3.56. The molecule has 1 aromatic heterocycles. The van der Waals surface area contributed by atoms with Crippen LogP contribution in [0.15, 0.2) is 18.6 Å². The predicted molar refractivity (Wildman–Crippen MR) is 65.5 cm³/mol. The molecule has 1 aliphatic rings. The lowest BCUT2D eigenvalue weighted by Gasteiger charge is -2.30. The monoisotopic (exact) mass is 239 g/mol. The van der Waals surface area contributed by atoms with Crippen molar-refractivity contribution in [2.75, 3.05) is 24.7 Å². The summed E-state index contributed by atoms with van der Waals surface area (Å²) in [5.41, 5.74) is 0.969. The van der Waals surface area contributed by atoms with E-state index in [4.69, 9.17) is 4.74 Å². The van der Waals surface area contributed by atoms with Crippen LogP contribution in [-0.4, -0.2) is 40.7 Å². The number of hydrogen-bond acceptors (Lipinski definition) is 5. The maximum atomic E-state index is 5.80. The van der Waals surface area contributed by atoms with Gasteiger partial charge in [-0.2, -0.15) is 11.8 Å². The quantitative estimate of drug-likeness (QED) is 0.857. The van der Waals surface area contributed by atoms with Gasteiger partial charge in [-0.25, -0.2) is 0 Å². The van der Waals surface area contributed by atoms with E-state index >= 15 is 0 Å². The SMILES string of the molecule is CCNC(c1cnccn1)C1CSCCO1. The standard InChI is InChI=1S/C11H17N3OS/c1-2-13-11(9-7-12-3-4-14-9)10-8-16-6-5-15-10/h3-4,7,10-11,13H,2,5-6,8H2,1H3. The maximum Gasteiger partial charge on any atom is 0.0876 e. The lowest BCUT2D eigenvalue weighted by Crippen LogP contribution is -2.38. The Hall–Kier alpha value is -0.650. The number of nitrogens with zero attached hydrogens (tertiary/aromatic N) is 2. The minimum absolute atomic E-state index is 0.159. The normalized spacial score (nSPS) is 22.9. The first-order chi connectivity index (χ1) is 7.92. The van der Waals surface area contributed by atoms with E-state index in [-0.39, 0.29) is 12.1 Å². The molecule has 0 aromatic carbocycles. The van der Waals surface area contributed by atoms with Gasteiger partial charge in [-0.3, -0.25) is 9.97 Å². The van der Waals surface area contributed by atoms with Crippen LogP contribution in [0.1, 0.15) is 18.7 Å². The second-order valence-electron chi connectivity index (χ2n) is 3.65. The fraction of sp³-hybridized carbons (Fsp3) is 0.636. The molecule has 5 heteroatoms. The van der Waals surface area contributed by atoms with Crippen molar-refractivity contribution in [1.82, 2.24) is 15.3 Å². The molecule has 16 heavy (non-hydrogen) atoms. The predicted octanol–water partition coefficient (Wildman–Crippen LogP) is 1.26. The Morgan fingerprint density at radius 3 is 3.19 bits per heavy atom. The third kappa shape index (κ3) is 2.93. The summed E-state index contributed by atoms with van der Waals surface area (Å²) < 4.78 is 5.80. The zero-order valence-electron chi connectivity index (χ0n) is 9.43. The molecule has 0 spiro atoms. The lowest BCUT2D eigenvalue weighted by atomic mass is 10.1. The van der Waals surface area contributed by atoms with Crippen molar-refractivity contribution >= 4 is 11.8 Å². The fourth-order valence-electron chi connectivity index (χ4n) is 1.82. The number of aromatic nitrogens is 2. The van der Waals surface area contributed by atoms with Crippen LogP contribution in [0, 0.1) is 0 Å². The van der Waals surface area contributed by atoms with Crippen LogP contribution in [0.5, 0.6) is 0 Å². The van der Waals surface area contributed by atoms with Crippen molar-refractivity contribution in [1.29, 1.82) is 0 Å². The van der Waals surface area contributed by atoms with E-state index in [1.54, 1.807) is 12.4 Å². The smallest absolute Gasteiger partial charge is 0.0876 e. The number of rotatable bonds is 4. The van der Waals surface area contributed by atoms with Crippen molar-refractivity contribution in [3.8, 4) is 0 Å². The number of nitrogens with one attached hydrogen (secondary N) is 1. The van der Waals surface area contributed by atoms with Crippen LogP contribution in [0.25, 0.3) is 0 Å². The minimum atomic E-state index is 0.159. The van der Waals surface area contributed by atoms with E-state index in [0.29, 0.717) is 0 Å². The molecule has 2 heterocycles. The summed E-state index contributed by atoms with van der Waals surface area (Å²) in [4.78, 5) is 8.48.